The number of H-pyrrole nitrogens is 1. The number of pyridine rings is 1. The number of likely N-dealkylation sites (N-methyl/N-ethyl adjacent to an activating group) is 1. The smallest absolute Gasteiger partial charge is 0.159 e. The highest BCUT2D eigenvalue weighted by Gasteiger charge is 2.24. The lowest BCUT2D eigenvalue weighted by atomic mass is 9.86. The summed E-state index contributed by atoms with van der Waals surface area (Å²) in [6, 6.07) is 6.56. The first-order valence-electron chi connectivity index (χ1n) is 12.1. The molecule has 0 radical (unpaired) electrons. The molecule has 2 N–H and O–H groups in total. The van der Waals surface area contributed by atoms with Gasteiger partial charge in [0.1, 0.15) is 11.2 Å². The van der Waals surface area contributed by atoms with Crippen molar-refractivity contribution in [3.8, 4) is 11.5 Å². The normalized spacial score (nSPS) is 18.6. The number of aromatic nitrogens is 5. The van der Waals surface area contributed by atoms with Crippen LogP contribution in [-0.2, 0) is 7.05 Å². The van der Waals surface area contributed by atoms with Crippen LogP contribution < -0.4 is 10.2 Å². The molecule has 3 aromatic heterocycles. The average Bonchev–Trinajstić information content (AvgIpc) is 3.42. The maximum absolute atomic E-state index is 5.06. The number of benzene rings is 1. The van der Waals surface area contributed by atoms with Gasteiger partial charge in [-0.25, -0.2) is 9.97 Å². The number of rotatable bonds is 3. The number of imidazole rings is 1. The fraction of sp³-hybridized carbons (Fsp3) is 0.480. The Kier molecular flexibility index (Phi) is 5.07. The van der Waals surface area contributed by atoms with Crippen LogP contribution in [0.3, 0.4) is 0 Å². The van der Waals surface area contributed by atoms with E-state index in [9.17, 15) is 0 Å². The largest absolute Gasteiger partial charge is 0.352 e. The van der Waals surface area contributed by atoms with Gasteiger partial charge in [-0.05, 0) is 69.1 Å². The number of aromatic amines is 1. The molecule has 0 saturated carbocycles. The van der Waals surface area contributed by atoms with Crippen molar-refractivity contribution < 1.29 is 0 Å². The number of hydrogen-bond donors (Lipinski definition) is 2. The third-order valence-electron chi connectivity index (χ3n) is 7.51. The zero-order chi connectivity index (χ0) is 22.5. The van der Waals surface area contributed by atoms with Crippen molar-refractivity contribution in [3.05, 3.63) is 35.5 Å². The third kappa shape index (κ3) is 3.48. The molecule has 1 aromatic carbocycles. The van der Waals surface area contributed by atoms with E-state index in [1.54, 1.807) is 0 Å². The summed E-state index contributed by atoms with van der Waals surface area (Å²) in [4.78, 5) is 18.0. The summed E-state index contributed by atoms with van der Waals surface area (Å²) in [5.41, 5.74) is 6.82. The van der Waals surface area contributed by atoms with Gasteiger partial charge >= 0.3 is 0 Å². The Hall–Kier alpha value is -2.97. The minimum absolute atomic E-state index is 0.604. The summed E-state index contributed by atoms with van der Waals surface area (Å²) in [7, 11) is 4.19. The Balaban J connectivity index is 1.46. The molecule has 0 amide bonds. The van der Waals surface area contributed by atoms with Crippen molar-refractivity contribution in [2.24, 2.45) is 7.05 Å². The highest BCUT2D eigenvalue weighted by Crippen LogP contribution is 2.37. The molecule has 5 heterocycles. The van der Waals surface area contributed by atoms with Gasteiger partial charge in [0, 0.05) is 44.8 Å². The zero-order valence-electron chi connectivity index (χ0n) is 19.7. The van der Waals surface area contributed by atoms with Crippen LogP contribution in [0, 0.1) is 6.92 Å². The molecular weight excluding hydrogens is 412 g/mol. The van der Waals surface area contributed by atoms with E-state index in [0.717, 1.165) is 73.2 Å². The summed E-state index contributed by atoms with van der Waals surface area (Å²) in [6.45, 7) is 8.45. The summed E-state index contributed by atoms with van der Waals surface area (Å²) in [6.07, 6.45) is 4.26. The van der Waals surface area contributed by atoms with Crippen molar-refractivity contribution in [2.45, 2.75) is 25.7 Å². The Bertz CT molecular complexity index is 1310. The van der Waals surface area contributed by atoms with Gasteiger partial charge in [-0.1, -0.05) is 6.07 Å². The van der Waals surface area contributed by atoms with Gasteiger partial charge in [-0.2, -0.15) is 5.10 Å². The van der Waals surface area contributed by atoms with Gasteiger partial charge in [0.2, 0.25) is 0 Å². The molecule has 2 fully saturated rings. The Morgan fingerprint density at radius 3 is 2.58 bits per heavy atom. The first kappa shape index (κ1) is 20.6. The number of piperidine rings is 1. The molecule has 33 heavy (non-hydrogen) atoms. The highest BCUT2D eigenvalue weighted by atomic mass is 15.3. The monoisotopic (exact) mass is 444 g/mol. The lowest BCUT2D eigenvalue weighted by Gasteiger charge is -2.33. The number of nitrogens with one attached hydrogen (secondary N) is 2. The molecule has 2 aliphatic heterocycles. The molecule has 0 aliphatic carbocycles. The van der Waals surface area contributed by atoms with Crippen molar-refractivity contribution in [3.63, 3.8) is 0 Å². The minimum Gasteiger partial charge on any atom is -0.352 e. The maximum Gasteiger partial charge on any atom is 0.159 e. The first-order chi connectivity index (χ1) is 16.1. The molecule has 172 valence electrons. The Morgan fingerprint density at radius 1 is 1.00 bits per heavy atom. The van der Waals surface area contributed by atoms with Crippen LogP contribution >= 0.6 is 0 Å². The summed E-state index contributed by atoms with van der Waals surface area (Å²) in [5.74, 6) is 2.40. The van der Waals surface area contributed by atoms with E-state index >= 15 is 0 Å². The molecule has 0 spiro atoms. The van der Waals surface area contributed by atoms with Crippen molar-refractivity contribution in [1.29, 1.82) is 0 Å². The maximum atomic E-state index is 5.06. The molecule has 2 aliphatic rings. The SMILES string of the molecule is Cc1c(C2CCNCC2)ccc2c1c(-c1nc3c(N4CCN(C)CC4)nccc3[nH]1)nn2C. The fourth-order valence-corrected chi connectivity index (χ4v) is 5.56. The van der Waals surface area contributed by atoms with Gasteiger partial charge < -0.3 is 20.1 Å². The van der Waals surface area contributed by atoms with E-state index in [-0.39, 0.29) is 0 Å². The second kappa shape index (κ2) is 8.11. The molecule has 0 unspecified atom stereocenters. The predicted octanol–water partition coefficient (Wildman–Crippen LogP) is 3.04. The summed E-state index contributed by atoms with van der Waals surface area (Å²) in [5, 5.41) is 9.62. The van der Waals surface area contributed by atoms with Gasteiger partial charge in [0.15, 0.2) is 11.6 Å². The number of aryl methyl sites for hydroxylation is 2. The van der Waals surface area contributed by atoms with Crippen LogP contribution in [0.2, 0.25) is 0 Å². The lowest BCUT2D eigenvalue weighted by molar-refractivity contribution is 0.312. The highest BCUT2D eigenvalue weighted by molar-refractivity contribution is 5.97. The standard InChI is InChI=1S/C25H32N8/c1-16-18(17-6-9-26-10-7-17)4-5-20-21(16)23(30-32(20)3)24-28-19-8-11-27-25(22(19)29-24)33-14-12-31(2)13-15-33/h4-5,8,11,17,26H,6-7,9-10,12-15H2,1-3H3,(H,28,29). The van der Waals surface area contributed by atoms with Crippen LogP contribution in [0.25, 0.3) is 33.5 Å². The quantitative estimate of drug-likeness (QED) is 0.506. The fourth-order valence-electron chi connectivity index (χ4n) is 5.56. The Labute approximate surface area is 194 Å². The van der Waals surface area contributed by atoms with Crippen LogP contribution in [0.1, 0.15) is 29.9 Å². The van der Waals surface area contributed by atoms with Gasteiger partial charge in [-0.15, -0.1) is 0 Å². The van der Waals surface area contributed by atoms with Crippen molar-refractivity contribution in [2.75, 3.05) is 51.2 Å². The van der Waals surface area contributed by atoms with E-state index in [1.165, 1.54) is 29.4 Å². The molecule has 8 nitrogen and oxygen atoms in total. The second-order valence-corrected chi connectivity index (χ2v) is 9.58. The molecular formula is C25H32N8. The first-order valence-corrected chi connectivity index (χ1v) is 12.1. The predicted molar refractivity (Wildman–Crippen MR) is 133 cm³/mol. The zero-order valence-corrected chi connectivity index (χ0v) is 19.7. The van der Waals surface area contributed by atoms with Crippen LogP contribution in [0.5, 0.6) is 0 Å². The molecule has 2 saturated heterocycles. The molecule has 4 aromatic rings. The number of nitrogens with zero attached hydrogens (tertiary/aromatic N) is 6. The third-order valence-corrected chi connectivity index (χ3v) is 7.51. The van der Waals surface area contributed by atoms with E-state index in [4.69, 9.17) is 15.1 Å². The summed E-state index contributed by atoms with van der Waals surface area (Å²) >= 11 is 0. The lowest BCUT2D eigenvalue weighted by Crippen LogP contribution is -2.44. The molecule has 0 bridgehead atoms. The molecule has 8 heteroatoms. The van der Waals surface area contributed by atoms with E-state index in [0.29, 0.717) is 5.92 Å². The number of fused-ring (bicyclic) bond motifs is 2. The molecule has 0 atom stereocenters. The topological polar surface area (TPSA) is 77.9 Å². The van der Waals surface area contributed by atoms with Gasteiger partial charge in [-0.3, -0.25) is 4.68 Å². The van der Waals surface area contributed by atoms with Crippen LogP contribution in [0.4, 0.5) is 5.82 Å². The number of anilines is 1. The average molecular weight is 445 g/mol. The number of hydrogen-bond acceptors (Lipinski definition) is 6. The van der Waals surface area contributed by atoms with Gasteiger partial charge in [0.25, 0.3) is 0 Å². The second-order valence-electron chi connectivity index (χ2n) is 9.58. The molecule has 6 rings (SSSR count). The summed E-state index contributed by atoms with van der Waals surface area (Å²) < 4.78 is 1.98. The van der Waals surface area contributed by atoms with E-state index in [1.807, 2.05) is 24.0 Å². The minimum atomic E-state index is 0.604. The van der Waals surface area contributed by atoms with Crippen LogP contribution in [-0.4, -0.2) is 75.9 Å². The van der Waals surface area contributed by atoms with Crippen molar-refractivity contribution >= 4 is 27.8 Å². The van der Waals surface area contributed by atoms with E-state index < -0.39 is 0 Å². The van der Waals surface area contributed by atoms with E-state index in [2.05, 4.69) is 46.2 Å². The number of piperazine rings is 1. The Morgan fingerprint density at radius 2 is 1.79 bits per heavy atom. The van der Waals surface area contributed by atoms with Gasteiger partial charge in [0.05, 0.1) is 11.0 Å². The van der Waals surface area contributed by atoms with Crippen molar-refractivity contribution in [1.82, 2.24) is 34.9 Å². The van der Waals surface area contributed by atoms with Crippen LogP contribution in [0.15, 0.2) is 24.4 Å².